The Labute approximate surface area is 121 Å². The van der Waals surface area contributed by atoms with E-state index in [1.165, 1.54) is 6.07 Å². The van der Waals surface area contributed by atoms with Gasteiger partial charge in [0.15, 0.2) is 0 Å². The normalized spacial score (nSPS) is 11.2. The summed E-state index contributed by atoms with van der Waals surface area (Å²) in [7, 11) is 0. The minimum Gasteiger partial charge on any atom is -0.344 e. The molecule has 8 heteroatoms. The van der Waals surface area contributed by atoms with Crippen LogP contribution < -0.4 is 5.32 Å². The van der Waals surface area contributed by atoms with Crippen LogP contribution in [0.25, 0.3) is 0 Å². The zero-order valence-corrected chi connectivity index (χ0v) is 11.6. The van der Waals surface area contributed by atoms with Crippen molar-refractivity contribution in [3.05, 3.63) is 40.0 Å². The average Bonchev–Trinajstić information content (AvgIpc) is 2.71. The third-order valence-corrected chi connectivity index (χ3v) is 3.69. The van der Waals surface area contributed by atoms with Crippen molar-refractivity contribution in [3.63, 3.8) is 0 Å². The molecule has 0 unspecified atom stereocenters. The van der Waals surface area contributed by atoms with Crippen molar-refractivity contribution >= 4 is 33.8 Å². The molecule has 104 valence electrons. The summed E-state index contributed by atoms with van der Waals surface area (Å²) >= 11 is 6.88. The molecular formula is C12H7ClF3N3S. The van der Waals surface area contributed by atoms with E-state index in [4.69, 9.17) is 16.9 Å². The van der Waals surface area contributed by atoms with Crippen molar-refractivity contribution in [1.82, 2.24) is 4.37 Å². The fourth-order valence-electron chi connectivity index (χ4n) is 1.50. The molecule has 1 aromatic carbocycles. The number of hydrogen-bond donors (Lipinski definition) is 1. The van der Waals surface area contributed by atoms with Crippen LogP contribution in [0.1, 0.15) is 16.8 Å². The Hall–Kier alpha value is -1.78. The Balaban J connectivity index is 2.34. The molecule has 0 saturated heterocycles. The summed E-state index contributed by atoms with van der Waals surface area (Å²) in [6.07, 6.45) is -4.44. The van der Waals surface area contributed by atoms with Crippen LogP contribution >= 0.6 is 23.1 Å². The van der Waals surface area contributed by atoms with E-state index >= 15 is 0 Å². The molecule has 2 rings (SSSR count). The summed E-state index contributed by atoms with van der Waals surface area (Å²) in [6.45, 7) is 1.68. The Morgan fingerprint density at radius 1 is 1.40 bits per heavy atom. The predicted octanol–water partition coefficient (Wildman–Crippen LogP) is 4.74. The number of rotatable bonds is 2. The standard InChI is InChI=1S/C12H7ClF3N3S/c1-6-8(5-17)11(20-19-6)18-10-3-2-7(4-9(10)13)12(14,15)16/h2-4,18H,1H3. The molecule has 0 radical (unpaired) electrons. The number of aryl methyl sites for hydroxylation is 1. The number of hydrogen-bond acceptors (Lipinski definition) is 4. The number of nitrogens with one attached hydrogen (secondary N) is 1. The second-order valence-electron chi connectivity index (χ2n) is 3.90. The lowest BCUT2D eigenvalue weighted by molar-refractivity contribution is -0.137. The predicted molar refractivity (Wildman–Crippen MR) is 71.3 cm³/mol. The van der Waals surface area contributed by atoms with Crippen molar-refractivity contribution in [3.8, 4) is 6.07 Å². The second-order valence-corrected chi connectivity index (χ2v) is 5.08. The number of anilines is 2. The highest BCUT2D eigenvalue weighted by molar-refractivity contribution is 7.10. The minimum absolute atomic E-state index is 0.0743. The quantitative estimate of drug-likeness (QED) is 0.870. The van der Waals surface area contributed by atoms with Crippen LogP contribution in [0.15, 0.2) is 18.2 Å². The second kappa shape index (κ2) is 5.31. The molecular weight excluding hydrogens is 311 g/mol. The van der Waals surface area contributed by atoms with Gasteiger partial charge in [-0.2, -0.15) is 22.8 Å². The smallest absolute Gasteiger partial charge is 0.344 e. The van der Waals surface area contributed by atoms with Gasteiger partial charge >= 0.3 is 6.18 Å². The highest BCUT2D eigenvalue weighted by Gasteiger charge is 2.31. The van der Waals surface area contributed by atoms with Crippen molar-refractivity contribution in [2.75, 3.05) is 5.32 Å². The van der Waals surface area contributed by atoms with Crippen LogP contribution in [0.3, 0.4) is 0 Å². The van der Waals surface area contributed by atoms with Crippen LogP contribution in [0.4, 0.5) is 23.9 Å². The van der Waals surface area contributed by atoms with Crippen LogP contribution in [0.2, 0.25) is 5.02 Å². The van der Waals surface area contributed by atoms with Gasteiger partial charge in [-0.15, -0.1) is 0 Å². The lowest BCUT2D eigenvalue weighted by atomic mass is 10.2. The third kappa shape index (κ3) is 2.86. The number of nitriles is 1. The van der Waals surface area contributed by atoms with Crippen molar-refractivity contribution in [1.29, 1.82) is 5.26 Å². The van der Waals surface area contributed by atoms with Crippen molar-refractivity contribution < 1.29 is 13.2 Å². The molecule has 20 heavy (non-hydrogen) atoms. The lowest BCUT2D eigenvalue weighted by Crippen LogP contribution is -2.05. The zero-order chi connectivity index (χ0) is 14.9. The summed E-state index contributed by atoms with van der Waals surface area (Å²) in [6, 6.07) is 4.97. The van der Waals surface area contributed by atoms with E-state index in [1.54, 1.807) is 6.92 Å². The van der Waals surface area contributed by atoms with Crippen LogP contribution in [0, 0.1) is 18.3 Å². The average molecular weight is 318 g/mol. The van der Waals surface area contributed by atoms with Gasteiger partial charge in [-0.1, -0.05) is 11.6 Å². The van der Waals surface area contributed by atoms with Gasteiger partial charge in [0, 0.05) is 0 Å². The molecule has 0 saturated carbocycles. The van der Waals surface area contributed by atoms with E-state index in [0.29, 0.717) is 21.9 Å². The maximum absolute atomic E-state index is 12.5. The van der Waals surface area contributed by atoms with Gasteiger partial charge in [-0.25, -0.2) is 0 Å². The first kappa shape index (κ1) is 14.6. The van der Waals surface area contributed by atoms with E-state index in [9.17, 15) is 13.2 Å². The topological polar surface area (TPSA) is 48.7 Å². The summed E-state index contributed by atoms with van der Waals surface area (Å²) in [5.41, 5.74) is 0.378. The largest absolute Gasteiger partial charge is 0.416 e. The maximum Gasteiger partial charge on any atom is 0.416 e. The van der Waals surface area contributed by atoms with E-state index in [-0.39, 0.29) is 5.02 Å². The summed E-state index contributed by atoms with van der Waals surface area (Å²) in [4.78, 5) is 0. The third-order valence-electron chi connectivity index (χ3n) is 2.52. The number of benzene rings is 1. The fraction of sp³-hybridized carbons (Fsp3) is 0.167. The fourth-order valence-corrected chi connectivity index (χ4v) is 2.49. The summed E-state index contributed by atoms with van der Waals surface area (Å²) in [5.74, 6) is 0. The first-order valence-corrected chi connectivity index (χ1v) is 6.48. The Bertz CT molecular complexity index is 688. The van der Waals surface area contributed by atoms with Crippen LogP contribution in [-0.4, -0.2) is 4.37 Å². The summed E-state index contributed by atoms with van der Waals surface area (Å²) < 4.78 is 41.6. The monoisotopic (exact) mass is 317 g/mol. The van der Waals surface area contributed by atoms with Crippen LogP contribution in [0.5, 0.6) is 0 Å². The van der Waals surface area contributed by atoms with E-state index in [0.717, 1.165) is 23.7 Å². The molecule has 1 heterocycles. The van der Waals surface area contributed by atoms with Crippen LogP contribution in [-0.2, 0) is 6.18 Å². The van der Waals surface area contributed by atoms with E-state index < -0.39 is 11.7 Å². The minimum atomic E-state index is -4.44. The highest BCUT2D eigenvalue weighted by atomic mass is 35.5. The maximum atomic E-state index is 12.5. The molecule has 0 bridgehead atoms. The van der Waals surface area contributed by atoms with E-state index in [1.807, 2.05) is 6.07 Å². The zero-order valence-electron chi connectivity index (χ0n) is 10.0. The molecule has 1 N–H and O–H groups in total. The molecule has 0 amide bonds. The van der Waals surface area contributed by atoms with Gasteiger partial charge in [-0.3, -0.25) is 0 Å². The number of aromatic nitrogens is 1. The van der Waals surface area contributed by atoms with Gasteiger partial charge in [0.2, 0.25) is 0 Å². The van der Waals surface area contributed by atoms with Gasteiger partial charge < -0.3 is 5.32 Å². The number of halogens is 4. The van der Waals surface area contributed by atoms with Gasteiger partial charge in [0.05, 0.1) is 22.0 Å². The molecule has 0 fully saturated rings. The molecule has 2 aromatic rings. The molecule has 0 atom stereocenters. The van der Waals surface area contributed by atoms with Gasteiger partial charge in [0.25, 0.3) is 0 Å². The SMILES string of the molecule is Cc1nsc(Nc2ccc(C(F)(F)F)cc2Cl)c1C#N. The Morgan fingerprint density at radius 3 is 2.65 bits per heavy atom. The summed E-state index contributed by atoms with van der Waals surface area (Å²) in [5, 5.41) is 12.2. The van der Waals surface area contributed by atoms with E-state index in [2.05, 4.69) is 9.69 Å². The Kier molecular flexibility index (Phi) is 3.88. The molecule has 0 spiro atoms. The number of nitrogens with zero attached hydrogens (tertiary/aromatic N) is 2. The molecule has 1 aromatic heterocycles. The molecule has 0 aliphatic rings. The van der Waals surface area contributed by atoms with Crippen molar-refractivity contribution in [2.45, 2.75) is 13.1 Å². The van der Waals surface area contributed by atoms with Crippen molar-refractivity contribution in [2.24, 2.45) is 0 Å². The van der Waals surface area contributed by atoms with Gasteiger partial charge in [-0.05, 0) is 36.7 Å². The number of alkyl halides is 3. The first-order valence-electron chi connectivity index (χ1n) is 5.33. The molecule has 3 nitrogen and oxygen atoms in total. The first-order chi connectivity index (χ1) is 9.32. The molecule has 0 aliphatic heterocycles. The van der Waals surface area contributed by atoms with Gasteiger partial charge in [0.1, 0.15) is 16.6 Å². The Morgan fingerprint density at radius 2 is 2.10 bits per heavy atom. The highest BCUT2D eigenvalue weighted by Crippen LogP contribution is 2.36. The lowest BCUT2D eigenvalue weighted by Gasteiger charge is -2.10. The molecule has 0 aliphatic carbocycles.